The Balaban J connectivity index is 2.19. The third-order valence-corrected chi connectivity index (χ3v) is 2.02. The summed E-state index contributed by atoms with van der Waals surface area (Å²) in [6.07, 6.45) is 1.62. The van der Waals surface area contributed by atoms with Crippen molar-refractivity contribution in [2.24, 2.45) is 0 Å². The molecule has 0 fully saturated rings. The van der Waals surface area contributed by atoms with Crippen LogP contribution in [0.2, 0.25) is 0 Å². The van der Waals surface area contributed by atoms with Gasteiger partial charge in [-0.15, -0.1) is 0 Å². The molecule has 0 bridgehead atoms. The largest absolute Gasteiger partial charge is 0.306 e. The first-order valence-corrected chi connectivity index (χ1v) is 5.09. The third kappa shape index (κ3) is 4.19. The molecule has 0 atom stereocenters. The van der Waals surface area contributed by atoms with Crippen LogP contribution >= 0.6 is 0 Å². The minimum absolute atomic E-state index is 0.295. The third-order valence-electron chi connectivity index (χ3n) is 2.02. The number of hydrogen-bond acceptors (Lipinski definition) is 2. The molecule has 0 radical (unpaired) electrons. The maximum absolute atomic E-state index is 11.2. The van der Waals surface area contributed by atoms with E-state index in [1.807, 2.05) is 25.1 Å². The Kier molecular flexibility index (Phi) is 4.94. The molecular formula is C12H17NO. The summed E-state index contributed by atoms with van der Waals surface area (Å²) in [4.78, 5) is 11.2. The number of benzene rings is 1. The molecule has 2 nitrogen and oxygen atoms in total. The van der Waals surface area contributed by atoms with Gasteiger partial charge in [-0.3, -0.25) is 4.79 Å². The number of carbonyl (C=O) groups excluding carboxylic acids is 1. The van der Waals surface area contributed by atoms with Crippen LogP contribution < -0.4 is 5.32 Å². The zero-order valence-corrected chi connectivity index (χ0v) is 8.62. The van der Waals surface area contributed by atoms with E-state index >= 15 is 0 Å². The Morgan fingerprint density at radius 2 is 2.00 bits per heavy atom. The minimum atomic E-state index is 0.295. The monoisotopic (exact) mass is 191 g/mol. The van der Waals surface area contributed by atoms with E-state index in [4.69, 9.17) is 0 Å². The van der Waals surface area contributed by atoms with Crippen LogP contribution in [0.25, 0.3) is 0 Å². The highest BCUT2D eigenvalue weighted by atomic mass is 16.1. The van der Waals surface area contributed by atoms with Crippen molar-refractivity contribution in [1.82, 2.24) is 5.32 Å². The van der Waals surface area contributed by atoms with Crippen molar-refractivity contribution in [2.75, 3.05) is 6.54 Å². The molecule has 14 heavy (non-hydrogen) atoms. The first-order chi connectivity index (χ1) is 6.83. The predicted molar refractivity (Wildman–Crippen MR) is 58.1 cm³/mol. The van der Waals surface area contributed by atoms with Crippen LogP contribution in [-0.2, 0) is 11.3 Å². The fourth-order valence-electron chi connectivity index (χ4n) is 1.31. The van der Waals surface area contributed by atoms with Gasteiger partial charge in [0.15, 0.2) is 0 Å². The lowest BCUT2D eigenvalue weighted by Crippen LogP contribution is -2.22. The Morgan fingerprint density at radius 3 is 2.64 bits per heavy atom. The highest BCUT2D eigenvalue weighted by Crippen LogP contribution is 1.97. The van der Waals surface area contributed by atoms with Gasteiger partial charge < -0.3 is 5.32 Å². The van der Waals surface area contributed by atoms with E-state index in [1.165, 1.54) is 5.56 Å². The molecule has 1 aromatic rings. The molecule has 1 rings (SSSR count). The molecule has 76 valence electrons. The molecule has 0 aliphatic carbocycles. The van der Waals surface area contributed by atoms with Crippen LogP contribution in [-0.4, -0.2) is 12.3 Å². The van der Waals surface area contributed by atoms with Gasteiger partial charge in [-0.2, -0.15) is 0 Å². The molecule has 0 aliphatic heterocycles. The highest BCUT2D eigenvalue weighted by molar-refractivity contribution is 5.80. The van der Waals surface area contributed by atoms with Gasteiger partial charge in [-0.25, -0.2) is 0 Å². The normalized spacial score (nSPS) is 10.1. The molecule has 0 saturated carbocycles. The molecule has 1 N–H and O–H groups in total. The van der Waals surface area contributed by atoms with Crippen LogP contribution in [0.3, 0.4) is 0 Å². The van der Waals surface area contributed by atoms with Gasteiger partial charge in [0.25, 0.3) is 0 Å². The quantitative estimate of drug-likeness (QED) is 0.746. The van der Waals surface area contributed by atoms with Gasteiger partial charge >= 0.3 is 0 Å². The van der Waals surface area contributed by atoms with Crippen LogP contribution in [0, 0.1) is 0 Å². The average Bonchev–Trinajstić information content (AvgIpc) is 2.20. The second-order valence-corrected chi connectivity index (χ2v) is 3.38. The zero-order valence-electron chi connectivity index (χ0n) is 8.62. The Bertz CT molecular complexity index is 269. The topological polar surface area (TPSA) is 29.1 Å². The van der Waals surface area contributed by atoms with Crippen LogP contribution in [0.5, 0.6) is 0 Å². The van der Waals surface area contributed by atoms with Crippen LogP contribution in [0.4, 0.5) is 0 Å². The molecule has 0 saturated heterocycles. The Morgan fingerprint density at radius 1 is 1.29 bits per heavy atom. The van der Waals surface area contributed by atoms with Crippen molar-refractivity contribution in [3.8, 4) is 0 Å². The van der Waals surface area contributed by atoms with Crippen molar-refractivity contribution in [1.29, 1.82) is 0 Å². The zero-order chi connectivity index (χ0) is 10.2. The number of ketones is 1. The molecule has 0 aromatic heterocycles. The lowest BCUT2D eigenvalue weighted by Gasteiger charge is -2.03. The van der Waals surface area contributed by atoms with Crippen LogP contribution in [0.15, 0.2) is 30.3 Å². The second-order valence-electron chi connectivity index (χ2n) is 3.38. The first-order valence-electron chi connectivity index (χ1n) is 5.09. The van der Waals surface area contributed by atoms with Gasteiger partial charge in [0.1, 0.15) is 5.78 Å². The van der Waals surface area contributed by atoms with E-state index in [-0.39, 0.29) is 0 Å². The number of nitrogens with one attached hydrogen (secondary N) is 1. The van der Waals surface area contributed by atoms with E-state index in [2.05, 4.69) is 17.4 Å². The van der Waals surface area contributed by atoms with Crippen molar-refractivity contribution in [2.45, 2.75) is 26.3 Å². The summed E-state index contributed by atoms with van der Waals surface area (Å²) in [6.45, 7) is 3.29. The summed E-state index contributed by atoms with van der Waals surface area (Å²) >= 11 is 0. The van der Waals surface area contributed by atoms with E-state index in [9.17, 15) is 4.79 Å². The Hall–Kier alpha value is -1.15. The fourth-order valence-corrected chi connectivity index (χ4v) is 1.31. The van der Waals surface area contributed by atoms with Gasteiger partial charge in [0.2, 0.25) is 0 Å². The maximum atomic E-state index is 11.2. The molecule has 0 spiro atoms. The van der Waals surface area contributed by atoms with Gasteiger partial charge in [0.05, 0.1) is 6.54 Å². The minimum Gasteiger partial charge on any atom is -0.306 e. The van der Waals surface area contributed by atoms with E-state index in [0.29, 0.717) is 18.7 Å². The van der Waals surface area contributed by atoms with Gasteiger partial charge in [0, 0.05) is 13.0 Å². The summed E-state index contributed by atoms with van der Waals surface area (Å²) in [7, 11) is 0. The predicted octanol–water partition coefficient (Wildman–Crippen LogP) is 2.15. The van der Waals surface area contributed by atoms with Gasteiger partial charge in [-0.1, -0.05) is 37.3 Å². The maximum Gasteiger partial charge on any atom is 0.146 e. The van der Waals surface area contributed by atoms with Crippen molar-refractivity contribution >= 4 is 5.78 Å². The number of carbonyl (C=O) groups is 1. The Labute approximate surface area is 85.3 Å². The smallest absolute Gasteiger partial charge is 0.146 e. The van der Waals surface area contributed by atoms with E-state index in [0.717, 1.165) is 13.0 Å². The summed E-state index contributed by atoms with van der Waals surface area (Å²) in [5, 5.41) is 3.14. The SMILES string of the molecule is CCCC(=O)CNCc1ccccc1. The molecule has 0 aliphatic rings. The molecular weight excluding hydrogens is 174 g/mol. The fraction of sp³-hybridized carbons (Fsp3) is 0.417. The first kappa shape index (κ1) is 10.9. The number of rotatable bonds is 6. The summed E-state index contributed by atoms with van der Waals surface area (Å²) < 4.78 is 0. The van der Waals surface area contributed by atoms with Crippen molar-refractivity contribution < 1.29 is 4.79 Å². The standard InChI is InChI=1S/C12H17NO/c1-2-6-12(14)10-13-9-11-7-4-3-5-8-11/h3-5,7-8,13H,2,6,9-10H2,1H3. The summed E-state index contributed by atoms with van der Waals surface area (Å²) in [5.41, 5.74) is 1.22. The van der Waals surface area contributed by atoms with Crippen LogP contribution in [0.1, 0.15) is 25.3 Å². The number of Topliss-reactive ketones (excluding diaryl/α,β-unsaturated/α-hetero) is 1. The van der Waals surface area contributed by atoms with E-state index in [1.54, 1.807) is 0 Å². The van der Waals surface area contributed by atoms with Crippen molar-refractivity contribution in [3.05, 3.63) is 35.9 Å². The van der Waals surface area contributed by atoms with Crippen molar-refractivity contribution in [3.63, 3.8) is 0 Å². The molecule has 0 heterocycles. The highest BCUT2D eigenvalue weighted by Gasteiger charge is 1.98. The summed E-state index contributed by atoms with van der Waals surface area (Å²) in [5.74, 6) is 0.295. The second kappa shape index (κ2) is 6.33. The number of hydrogen-bond donors (Lipinski definition) is 1. The molecule has 0 amide bonds. The molecule has 0 unspecified atom stereocenters. The van der Waals surface area contributed by atoms with E-state index < -0.39 is 0 Å². The average molecular weight is 191 g/mol. The lowest BCUT2D eigenvalue weighted by atomic mass is 10.2. The molecule has 1 aromatic carbocycles. The molecule has 2 heteroatoms. The lowest BCUT2D eigenvalue weighted by molar-refractivity contribution is -0.118. The summed E-state index contributed by atoms with van der Waals surface area (Å²) in [6, 6.07) is 10.1. The van der Waals surface area contributed by atoms with Gasteiger partial charge in [-0.05, 0) is 12.0 Å².